The van der Waals surface area contributed by atoms with Gasteiger partial charge in [0, 0.05) is 17.3 Å². The van der Waals surface area contributed by atoms with Gasteiger partial charge in [0.05, 0.1) is 6.42 Å². The van der Waals surface area contributed by atoms with Gasteiger partial charge in [-0.1, -0.05) is 24.9 Å². The first-order chi connectivity index (χ1) is 10.7. The lowest BCUT2D eigenvalue weighted by molar-refractivity contribution is -0.117. The average molecular weight is 316 g/mol. The number of anilines is 1. The van der Waals surface area contributed by atoms with E-state index in [4.69, 9.17) is 16.3 Å². The molecule has 0 spiro atoms. The van der Waals surface area contributed by atoms with E-state index in [1.807, 2.05) is 35.2 Å². The molecule has 0 bridgehead atoms. The molecule has 114 valence electrons. The van der Waals surface area contributed by atoms with Crippen LogP contribution in [0.1, 0.15) is 25.3 Å². The highest BCUT2D eigenvalue weighted by Crippen LogP contribution is 2.34. The Bertz CT molecular complexity index is 682. The summed E-state index contributed by atoms with van der Waals surface area (Å²) in [6, 6.07) is 13.1. The summed E-state index contributed by atoms with van der Waals surface area (Å²) in [6.45, 7) is 2.92. The zero-order valence-corrected chi connectivity index (χ0v) is 13.3. The van der Waals surface area contributed by atoms with Crippen molar-refractivity contribution < 1.29 is 9.53 Å². The lowest BCUT2D eigenvalue weighted by atomic mass is 10.1. The number of ether oxygens (including phenoxy) is 1. The molecule has 0 aliphatic carbocycles. The molecule has 0 N–H and O–H groups in total. The Balaban J connectivity index is 1.78. The van der Waals surface area contributed by atoms with Crippen molar-refractivity contribution >= 4 is 23.2 Å². The Hall–Kier alpha value is -2.00. The molecule has 1 heterocycles. The molecule has 2 aromatic rings. The van der Waals surface area contributed by atoms with E-state index in [0.29, 0.717) is 11.4 Å². The minimum atomic E-state index is 0.173. The van der Waals surface area contributed by atoms with Gasteiger partial charge >= 0.3 is 0 Å². The van der Waals surface area contributed by atoms with Crippen LogP contribution in [0.25, 0.3) is 0 Å². The number of hydrogen-bond acceptors (Lipinski definition) is 2. The van der Waals surface area contributed by atoms with Crippen molar-refractivity contribution in [2.45, 2.75) is 26.2 Å². The summed E-state index contributed by atoms with van der Waals surface area (Å²) in [5, 5.41) is 0.679. The van der Waals surface area contributed by atoms with Crippen LogP contribution < -0.4 is 9.64 Å². The van der Waals surface area contributed by atoms with Gasteiger partial charge < -0.3 is 9.64 Å². The van der Waals surface area contributed by atoms with Crippen molar-refractivity contribution in [1.29, 1.82) is 0 Å². The van der Waals surface area contributed by atoms with E-state index >= 15 is 0 Å². The molecular weight excluding hydrogens is 298 g/mol. The molecule has 4 heteroatoms. The first-order valence-electron chi connectivity index (χ1n) is 7.54. The first kappa shape index (κ1) is 14.9. The number of nitrogens with zero attached hydrogens (tertiary/aromatic N) is 1. The Morgan fingerprint density at radius 1 is 1.14 bits per heavy atom. The van der Waals surface area contributed by atoms with Gasteiger partial charge in [0.15, 0.2) is 0 Å². The van der Waals surface area contributed by atoms with Crippen LogP contribution in [0.5, 0.6) is 11.5 Å². The van der Waals surface area contributed by atoms with Gasteiger partial charge in [-0.25, -0.2) is 0 Å². The molecule has 2 aromatic carbocycles. The van der Waals surface area contributed by atoms with Crippen LogP contribution in [0.4, 0.5) is 5.69 Å². The Labute approximate surface area is 135 Å². The largest absolute Gasteiger partial charge is 0.457 e. The fourth-order valence-electron chi connectivity index (χ4n) is 2.62. The highest BCUT2D eigenvalue weighted by Gasteiger charge is 2.26. The second kappa shape index (κ2) is 6.41. The molecule has 1 aliphatic rings. The molecule has 0 saturated heterocycles. The number of rotatable bonds is 5. The van der Waals surface area contributed by atoms with E-state index in [0.717, 1.165) is 42.1 Å². The molecule has 3 nitrogen and oxygen atoms in total. The fourth-order valence-corrected chi connectivity index (χ4v) is 2.75. The minimum Gasteiger partial charge on any atom is -0.457 e. The van der Waals surface area contributed by atoms with Gasteiger partial charge in [-0.3, -0.25) is 4.79 Å². The molecule has 0 aromatic heterocycles. The van der Waals surface area contributed by atoms with Gasteiger partial charge in [0.1, 0.15) is 11.5 Å². The summed E-state index contributed by atoms with van der Waals surface area (Å²) in [5.41, 5.74) is 2.05. The molecule has 3 rings (SSSR count). The van der Waals surface area contributed by atoms with Crippen LogP contribution >= 0.6 is 11.6 Å². The van der Waals surface area contributed by atoms with Crippen molar-refractivity contribution in [1.82, 2.24) is 0 Å². The maximum absolute atomic E-state index is 12.1. The van der Waals surface area contributed by atoms with Crippen molar-refractivity contribution in [2.75, 3.05) is 11.4 Å². The second-order valence-corrected chi connectivity index (χ2v) is 5.86. The van der Waals surface area contributed by atoms with Gasteiger partial charge in [0.2, 0.25) is 5.91 Å². The maximum atomic E-state index is 12.1. The molecular formula is C18H18ClNO2. The second-order valence-electron chi connectivity index (χ2n) is 5.42. The number of carbonyl (C=O) groups is 1. The topological polar surface area (TPSA) is 29.5 Å². The zero-order valence-electron chi connectivity index (χ0n) is 12.5. The van der Waals surface area contributed by atoms with Crippen molar-refractivity contribution in [3.05, 3.63) is 53.1 Å². The van der Waals surface area contributed by atoms with Crippen molar-refractivity contribution in [2.24, 2.45) is 0 Å². The minimum absolute atomic E-state index is 0.173. The Kier molecular flexibility index (Phi) is 4.34. The normalized spacial score (nSPS) is 13.4. The predicted octanol–water partition coefficient (Wildman–Crippen LogP) is 4.82. The smallest absolute Gasteiger partial charge is 0.231 e. The van der Waals surface area contributed by atoms with Crippen LogP contribution in [0.2, 0.25) is 5.02 Å². The Morgan fingerprint density at radius 3 is 2.59 bits per heavy atom. The number of benzene rings is 2. The molecule has 1 amide bonds. The maximum Gasteiger partial charge on any atom is 0.231 e. The standard InChI is InChI=1S/C18H18ClNO2/c1-2-3-10-20-17-9-8-16(11-13(17)12-18(20)21)22-15-6-4-14(19)5-7-15/h4-9,11H,2-3,10,12H2,1H3. The quantitative estimate of drug-likeness (QED) is 0.791. The van der Waals surface area contributed by atoms with Crippen molar-refractivity contribution in [3.63, 3.8) is 0 Å². The molecule has 0 fully saturated rings. The van der Waals surface area contributed by atoms with E-state index in [1.54, 1.807) is 12.1 Å². The highest BCUT2D eigenvalue weighted by molar-refractivity contribution is 6.30. The summed E-state index contributed by atoms with van der Waals surface area (Å²) >= 11 is 5.87. The number of unbranched alkanes of at least 4 members (excludes halogenated alkanes) is 1. The lowest BCUT2D eigenvalue weighted by Gasteiger charge is -2.17. The zero-order chi connectivity index (χ0) is 15.5. The number of halogens is 1. The fraction of sp³-hybridized carbons (Fsp3) is 0.278. The molecule has 0 saturated carbocycles. The van der Waals surface area contributed by atoms with Gasteiger partial charge in [-0.2, -0.15) is 0 Å². The van der Waals surface area contributed by atoms with Gasteiger partial charge in [0.25, 0.3) is 0 Å². The molecule has 22 heavy (non-hydrogen) atoms. The van der Waals surface area contributed by atoms with Crippen LogP contribution in [0.3, 0.4) is 0 Å². The number of amides is 1. The van der Waals surface area contributed by atoms with E-state index in [1.165, 1.54) is 0 Å². The highest BCUT2D eigenvalue weighted by atomic mass is 35.5. The summed E-state index contributed by atoms with van der Waals surface area (Å²) in [6.07, 6.45) is 2.56. The third kappa shape index (κ3) is 3.09. The molecule has 0 radical (unpaired) electrons. The predicted molar refractivity (Wildman–Crippen MR) is 88.9 cm³/mol. The average Bonchev–Trinajstić information content (AvgIpc) is 2.82. The Morgan fingerprint density at radius 2 is 1.86 bits per heavy atom. The molecule has 1 aliphatic heterocycles. The third-order valence-electron chi connectivity index (χ3n) is 3.77. The molecule has 0 atom stereocenters. The van der Waals surface area contributed by atoms with Crippen LogP contribution in [-0.2, 0) is 11.2 Å². The van der Waals surface area contributed by atoms with Crippen LogP contribution in [-0.4, -0.2) is 12.5 Å². The van der Waals surface area contributed by atoms with Gasteiger partial charge in [-0.05, 0) is 54.4 Å². The van der Waals surface area contributed by atoms with Crippen LogP contribution in [0, 0.1) is 0 Å². The summed E-state index contributed by atoms with van der Waals surface area (Å²) in [5.74, 6) is 1.65. The van der Waals surface area contributed by atoms with E-state index in [-0.39, 0.29) is 5.91 Å². The number of fused-ring (bicyclic) bond motifs is 1. The number of hydrogen-bond donors (Lipinski definition) is 0. The van der Waals surface area contributed by atoms with Crippen LogP contribution in [0.15, 0.2) is 42.5 Å². The van der Waals surface area contributed by atoms with E-state index in [9.17, 15) is 4.79 Å². The third-order valence-corrected chi connectivity index (χ3v) is 4.02. The number of carbonyl (C=O) groups excluding carboxylic acids is 1. The van der Waals surface area contributed by atoms with E-state index < -0.39 is 0 Å². The molecule has 0 unspecified atom stereocenters. The summed E-state index contributed by atoms with van der Waals surface area (Å²) < 4.78 is 5.82. The monoisotopic (exact) mass is 315 g/mol. The summed E-state index contributed by atoms with van der Waals surface area (Å²) in [4.78, 5) is 14.0. The van der Waals surface area contributed by atoms with E-state index in [2.05, 4.69) is 6.92 Å². The first-order valence-corrected chi connectivity index (χ1v) is 7.92. The van der Waals surface area contributed by atoms with Crippen molar-refractivity contribution in [3.8, 4) is 11.5 Å². The van der Waals surface area contributed by atoms with Gasteiger partial charge in [-0.15, -0.1) is 0 Å². The summed E-state index contributed by atoms with van der Waals surface area (Å²) in [7, 11) is 0. The lowest BCUT2D eigenvalue weighted by Crippen LogP contribution is -2.27. The SMILES string of the molecule is CCCCN1C(=O)Cc2cc(Oc3ccc(Cl)cc3)ccc21.